The van der Waals surface area contributed by atoms with Crippen LogP contribution in [0.15, 0.2) is 0 Å². The monoisotopic (exact) mass is 187 g/mol. The molecule has 2 atom stereocenters. The Labute approximate surface area is 66.3 Å². The van der Waals surface area contributed by atoms with E-state index in [2.05, 4.69) is 9.84 Å². The second-order valence-corrected chi connectivity index (χ2v) is 2.74. The molecule has 62 valence electrons. The van der Waals surface area contributed by atoms with Crippen molar-refractivity contribution in [3.05, 3.63) is 0 Å². The van der Waals surface area contributed by atoms with Crippen LogP contribution < -0.4 is 5.32 Å². The Balaban J connectivity index is 0.000000810. The molecule has 10 heavy (non-hydrogen) atoms. The molecule has 1 heterocycles. The summed E-state index contributed by atoms with van der Waals surface area (Å²) >= 11 is 0. The summed E-state index contributed by atoms with van der Waals surface area (Å²) < 4.78 is 14.7. The lowest BCUT2D eigenvalue weighted by Crippen LogP contribution is -2.21. The van der Waals surface area contributed by atoms with Gasteiger partial charge in [0.05, 0.1) is 0 Å². The molecule has 1 rings (SSSR count). The van der Waals surface area contributed by atoms with Gasteiger partial charge < -0.3 is 4.89 Å². The van der Waals surface area contributed by atoms with E-state index in [1.54, 1.807) is 0 Å². The molecule has 4 nitrogen and oxygen atoms in total. The Bertz CT molecular complexity index is 117. The predicted octanol–water partition coefficient (Wildman–Crippen LogP) is 0.516. The molecule has 0 radical (unpaired) electrons. The lowest BCUT2D eigenvalue weighted by Gasteiger charge is -2.06. The Morgan fingerprint density at radius 2 is 2.40 bits per heavy atom. The topological polar surface area (TPSA) is 58.6 Å². The van der Waals surface area contributed by atoms with Crippen molar-refractivity contribution in [2.24, 2.45) is 0 Å². The highest BCUT2D eigenvalue weighted by atomic mass is 35.5. The Kier molecular flexibility index (Phi) is 5.31. The summed E-state index contributed by atoms with van der Waals surface area (Å²) in [4.78, 5) is 8.30. The van der Waals surface area contributed by atoms with Crippen molar-refractivity contribution in [2.45, 2.75) is 19.1 Å². The summed E-state index contributed by atoms with van der Waals surface area (Å²) in [6, 6.07) is 0. The third kappa shape index (κ3) is 3.54. The second-order valence-electron chi connectivity index (χ2n) is 1.97. The van der Waals surface area contributed by atoms with Crippen LogP contribution in [-0.4, -0.2) is 17.7 Å². The molecule has 0 amide bonds. The van der Waals surface area contributed by atoms with Crippen LogP contribution in [0.1, 0.15) is 12.8 Å². The van der Waals surface area contributed by atoms with E-state index in [0.29, 0.717) is 0 Å². The number of hydrogen-bond acceptors (Lipinski definition) is 3. The van der Waals surface area contributed by atoms with E-state index in [1.165, 1.54) is 0 Å². The molecule has 0 bridgehead atoms. The largest absolute Gasteiger partial charge is 0.326 e. The van der Waals surface area contributed by atoms with Crippen LogP contribution in [0.25, 0.3) is 0 Å². The van der Waals surface area contributed by atoms with E-state index in [4.69, 9.17) is 4.89 Å². The Morgan fingerprint density at radius 3 is 2.80 bits per heavy atom. The minimum Gasteiger partial charge on any atom is -0.326 e. The van der Waals surface area contributed by atoms with Crippen LogP contribution >= 0.6 is 20.7 Å². The van der Waals surface area contributed by atoms with Crippen molar-refractivity contribution >= 4 is 20.7 Å². The van der Waals surface area contributed by atoms with Crippen LogP contribution in [0.2, 0.25) is 0 Å². The quantitative estimate of drug-likeness (QED) is 0.619. The highest BCUT2D eigenvalue weighted by Gasteiger charge is 2.15. The molecule has 1 aliphatic heterocycles. The van der Waals surface area contributed by atoms with Crippen molar-refractivity contribution in [3.8, 4) is 0 Å². The van der Waals surface area contributed by atoms with E-state index in [-0.39, 0.29) is 18.6 Å². The summed E-state index contributed by atoms with van der Waals surface area (Å²) in [5.74, 6) is 0. The first-order chi connectivity index (χ1) is 4.29. The van der Waals surface area contributed by atoms with Gasteiger partial charge in [-0.25, -0.2) is 0 Å². The lowest BCUT2D eigenvalue weighted by molar-refractivity contribution is 0.175. The maximum absolute atomic E-state index is 10.1. The van der Waals surface area contributed by atoms with Gasteiger partial charge in [-0.2, -0.15) is 0 Å². The van der Waals surface area contributed by atoms with Crippen molar-refractivity contribution in [3.63, 3.8) is 0 Å². The normalized spacial score (nSPS) is 27.5. The smallest absolute Gasteiger partial charge is 0.318 e. The van der Waals surface area contributed by atoms with Crippen molar-refractivity contribution in [2.75, 3.05) is 6.54 Å². The van der Waals surface area contributed by atoms with E-state index in [1.807, 2.05) is 0 Å². The number of rotatable bonds is 2. The van der Waals surface area contributed by atoms with Crippen molar-refractivity contribution in [1.82, 2.24) is 5.32 Å². The molecule has 1 aliphatic rings. The van der Waals surface area contributed by atoms with Crippen LogP contribution in [0, 0.1) is 0 Å². The second kappa shape index (κ2) is 5.10. The number of halogens is 1. The SMILES string of the molecule is Cl.O=[PH](O)O[C@@H]1CCCN1. The van der Waals surface area contributed by atoms with Gasteiger partial charge in [-0.05, 0) is 19.4 Å². The first-order valence-corrected chi connectivity index (χ1v) is 4.18. The van der Waals surface area contributed by atoms with Gasteiger partial charge >= 0.3 is 8.25 Å². The number of hydrogen-bond donors (Lipinski definition) is 2. The van der Waals surface area contributed by atoms with Gasteiger partial charge in [-0.3, -0.25) is 14.4 Å². The van der Waals surface area contributed by atoms with Gasteiger partial charge in [0.25, 0.3) is 0 Å². The standard InChI is InChI=1S/C4H10NO3P.ClH/c6-9(7)8-4-2-1-3-5-4;/h4-5,9H,1-3H2,(H,6,7);1H/t4-;/m1./s1. The molecule has 1 fully saturated rings. The van der Waals surface area contributed by atoms with E-state index in [9.17, 15) is 4.57 Å². The average Bonchev–Trinajstić information content (AvgIpc) is 2.15. The molecule has 0 aromatic heterocycles. The molecule has 0 aromatic carbocycles. The average molecular weight is 188 g/mol. The Morgan fingerprint density at radius 1 is 1.70 bits per heavy atom. The molecule has 1 unspecified atom stereocenters. The van der Waals surface area contributed by atoms with Crippen LogP contribution in [0.5, 0.6) is 0 Å². The zero-order chi connectivity index (χ0) is 6.69. The summed E-state index contributed by atoms with van der Waals surface area (Å²) in [6.45, 7) is 0.889. The molecule has 0 aliphatic carbocycles. The third-order valence-electron chi connectivity index (χ3n) is 1.26. The maximum Gasteiger partial charge on any atom is 0.318 e. The predicted molar refractivity (Wildman–Crippen MR) is 40.6 cm³/mol. The highest BCUT2D eigenvalue weighted by Crippen LogP contribution is 2.21. The molecule has 6 heteroatoms. The van der Waals surface area contributed by atoms with Crippen LogP contribution in [0.4, 0.5) is 0 Å². The fraction of sp³-hybridized carbons (Fsp3) is 1.00. The first-order valence-electron chi connectivity index (χ1n) is 2.92. The van der Waals surface area contributed by atoms with Crippen LogP contribution in [0.3, 0.4) is 0 Å². The Hall–Kier alpha value is 0.400. The van der Waals surface area contributed by atoms with Gasteiger partial charge in [0.1, 0.15) is 6.23 Å². The fourth-order valence-electron chi connectivity index (χ4n) is 0.875. The van der Waals surface area contributed by atoms with Crippen LogP contribution in [-0.2, 0) is 9.09 Å². The minimum absolute atomic E-state index is 0. The van der Waals surface area contributed by atoms with Gasteiger partial charge in [0.15, 0.2) is 0 Å². The third-order valence-corrected chi connectivity index (χ3v) is 1.74. The highest BCUT2D eigenvalue weighted by molar-refractivity contribution is 7.32. The van der Waals surface area contributed by atoms with E-state index in [0.717, 1.165) is 19.4 Å². The summed E-state index contributed by atoms with van der Waals surface area (Å²) in [5, 5.41) is 2.93. The molecule has 0 saturated carbocycles. The zero-order valence-electron chi connectivity index (χ0n) is 5.37. The van der Waals surface area contributed by atoms with E-state index < -0.39 is 8.25 Å². The summed E-state index contributed by atoms with van der Waals surface area (Å²) in [5.41, 5.74) is 0. The van der Waals surface area contributed by atoms with Crippen molar-refractivity contribution < 1.29 is 14.0 Å². The maximum atomic E-state index is 10.1. The fourth-order valence-corrected chi connectivity index (χ4v) is 1.32. The van der Waals surface area contributed by atoms with Gasteiger partial charge in [0, 0.05) is 0 Å². The number of nitrogens with one attached hydrogen (secondary N) is 1. The summed E-state index contributed by atoms with van der Waals surface area (Å²) in [6.07, 6.45) is 1.69. The lowest BCUT2D eigenvalue weighted by atomic mass is 10.4. The van der Waals surface area contributed by atoms with E-state index >= 15 is 0 Å². The molecule has 1 saturated heterocycles. The molecule has 0 spiro atoms. The molecular formula is C4H11ClNO3P. The van der Waals surface area contributed by atoms with Crippen molar-refractivity contribution in [1.29, 1.82) is 0 Å². The van der Waals surface area contributed by atoms with Gasteiger partial charge in [-0.1, -0.05) is 0 Å². The molecule has 2 N–H and O–H groups in total. The first kappa shape index (κ1) is 10.4. The zero-order valence-corrected chi connectivity index (χ0v) is 7.19. The van der Waals surface area contributed by atoms with Gasteiger partial charge in [-0.15, -0.1) is 12.4 Å². The summed E-state index contributed by atoms with van der Waals surface area (Å²) in [7, 11) is -2.73. The molecular weight excluding hydrogens is 176 g/mol. The molecule has 0 aromatic rings. The van der Waals surface area contributed by atoms with Gasteiger partial charge in [0.2, 0.25) is 0 Å². The minimum atomic E-state index is -2.73.